The van der Waals surface area contributed by atoms with Gasteiger partial charge in [0.25, 0.3) is 0 Å². The molecule has 1 unspecified atom stereocenters. The van der Waals surface area contributed by atoms with Gasteiger partial charge in [0.1, 0.15) is 6.07 Å². The SMILES string of the molecule is C[C@H]1C(=O)C(C#N)=C[C@@]2(c3ccccc3)C(=O)NCCC12. The molecule has 1 N–H and O–H groups in total. The molecule has 0 saturated carbocycles. The number of amides is 1. The van der Waals surface area contributed by atoms with Crippen LogP contribution in [0.3, 0.4) is 0 Å². The summed E-state index contributed by atoms with van der Waals surface area (Å²) >= 11 is 0. The van der Waals surface area contributed by atoms with E-state index in [1.54, 1.807) is 6.08 Å². The average molecular weight is 280 g/mol. The Morgan fingerprint density at radius 2 is 2.00 bits per heavy atom. The molecular weight excluding hydrogens is 264 g/mol. The van der Waals surface area contributed by atoms with E-state index in [0.717, 1.165) is 12.0 Å². The van der Waals surface area contributed by atoms with Crippen LogP contribution in [0.2, 0.25) is 0 Å². The van der Waals surface area contributed by atoms with Crippen molar-refractivity contribution in [2.24, 2.45) is 11.8 Å². The van der Waals surface area contributed by atoms with Crippen molar-refractivity contribution in [3.63, 3.8) is 0 Å². The Morgan fingerprint density at radius 1 is 1.29 bits per heavy atom. The lowest BCUT2D eigenvalue weighted by Gasteiger charge is -2.46. The summed E-state index contributed by atoms with van der Waals surface area (Å²) in [5, 5.41) is 12.1. The molecule has 3 rings (SSSR count). The monoisotopic (exact) mass is 280 g/mol. The molecule has 106 valence electrons. The number of ketones is 1. The summed E-state index contributed by atoms with van der Waals surface area (Å²) in [4.78, 5) is 25.0. The van der Waals surface area contributed by atoms with Crippen molar-refractivity contribution in [3.8, 4) is 6.07 Å². The highest BCUT2D eigenvalue weighted by atomic mass is 16.2. The van der Waals surface area contributed by atoms with Crippen molar-refractivity contribution >= 4 is 11.7 Å². The van der Waals surface area contributed by atoms with E-state index in [2.05, 4.69) is 5.32 Å². The number of hydrogen-bond acceptors (Lipinski definition) is 3. The van der Waals surface area contributed by atoms with Crippen molar-refractivity contribution in [2.45, 2.75) is 18.8 Å². The normalized spacial score (nSPS) is 31.7. The molecule has 0 spiro atoms. The second-order valence-electron chi connectivity index (χ2n) is 5.71. The molecule has 1 aromatic rings. The number of fused-ring (bicyclic) bond motifs is 1. The molecule has 1 amide bonds. The third kappa shape index (κ3) is 1.81. The molecule has 1 aliphatic carbocycles. The summed E-state index contributed by atoms with van der Waals surface area (Å²) < 4.78 is 0. The number of nitriles is 1. The van der Waals surface area contributed by atoms with E-state index < -0.39 is 5.41 Å². The molecule has 0 aromatic heterocycles. The minimum Gasteiger partial charge on any atom is -0.355 e. The van der Waals surface area contributed by atoms with Crippen LogP contribution < -0.4 is 5.32 Å². The van der Waals surface area contributed by atoms with Gasteiger partial charge in [-0.3, -0.25) is 9.59 Å². The zero-order chi connectivity index (χ0) is 15.0. The Kier molecular flexibility index (Phi) is 3.13. The summed E-state index contributed by atoms with van der Waals surface area (Å²) in [6.07, 6.45) is 2.33. The number of nitrogens with one attached hydrogen (secondary N) is 1. The third-order valence-corrected chi connectivity index (χ3v) is 4.73. The highest BCUT2D eigenvalue weighted by molar-refractivity contribution is 6.06. The Labute approximate surface area is 123 Å². The molecular formula is C17H16N2O2. The van der Waals surface area contributed by atoms with Crippen molar-refractivity contribution in [1.82, 2.24) is 5.32 Å². The molecule has 21 heavy (non-hydrogen) atoms. The van der Waals surface area contributed by atoms with Gasteiger partial charge < -0.3 is 5.32 Å². The maximum Gasteiger partial charge on any atom is 0.234 e. The van der Waals surface area contributed by atoms with Gasteiger partial charge in [-0.05, 0) is 24.0 Å². The number of hydrogen-bond donors (Lipinski definition) is 1. The largest absolute Gasteiger partial charge is 0.355 e. The molecule has 1 heterocycles. The van der Waals surface area contributed by atoms with Crippen LogP contribution in [-0.2, 0) is 15.0 Å². The number of carbonyl (C=O) groups excluding carboxylic acids is 2. The fraction of sp³-hybridized carbons (Fsp3) is 0.353. The number of allylic oxidation sites excluding steroid dienone is 1. The van der Waals surface area contributed by atoms with Crippen molar-refractivity contribution in [2.75, 3.05) is 6.54 Å². The summed E-state index contributed by atoms with van der Waals surface area (Å²) in [6, 6.07) is 11.4. The zero-order valence-electron chi connectivity index (χ0n) is 11.8. The van der Waals surface area contributed by atoms with Gasteiger partial charge in [0.2, 0.25) is 5.91 Å². The quantitative estimate of drug-likeness (QED) is 0.851. The second-order valence-corrected chi connectivity index (χ2v) is 5.71. The molecule has 0 bridgehead atoms. The fourth-order valence-electron chi connectivity index (χ4n) is 3.66. The van der Waals surface area contributed by atoms with Crippen LogP contribution in [0.5, 0.6) is 0 Å². The molecule has 3 atom stereocenters. The van der Waals surface area contributed by atoms with Gasteiger partial charge in [0.05, 0.1) is 11.0 Å². The maximum atomic E-state index is 12.7. The lowest BCUT2D eigenvalue weighted by molar-refractivity contribution is -0.133. The summed E-state index contributed by atoms with van der Waals surface area (Å²) in [5.74, 6) is -0.685. The smallest absolute Gasteiger partial charge is 0.234 e. The number of piperidine rings is 1. The first-order chi connectivity index (χ1) is 10.1. The van der Waals surface area contributed by atoms with Crippen LogP contribution in [0.4, 0.5) is 0 Å². The zero-order valence-corrected chi connectivity index (χ0v) is 11.8. The first kappa shape index (κ1) is 13.6. The molecule has 1 aliphatic heterocycles. The minimum atomic E-state index is -0.905. The van der Waals surface area contributed by atoms with Crippen LogP contribution in [-0.4, -0.2) is 18.2 Å². The van der Waals surface area contributed by atoms with Crippen LogP contribution in [0.1, 0.15) is 18.9 Å². The summed E-state index contributed by atoms with van der Waals surface area (Å²) in [6.45, 7) is 2.40. The van der Waals surface area contributed by atoms with Crippen LogP contribution in [0.15, 0.2) is 42.0 Å². The number of carbonyl (C=O) groups is 2. The molecule has 2 aliphatic rings. The van der Waals surface area contributed by atoms with Crippen LogP contribution >= 0.6 is 0 Å². The van der Waals surface area contributed by atoms with Crippen LogP contribution in [0, 0.1) is 23.2 Å². The minimum absolute atomic E-state index is 0.0969. The predicted molar refractivity (Wildman–Crippen MR) is 77.1 cm³/mol. The van der Waals surface area contributed by atoms with E-state index in [1.165, 1.54) is 0 Å². The molecule has 4 nitrogen and oxygen atoms in total. The number of nitrogens with zero attached hydrogens (tertiary/aromatic N) is 1. The van der Waals surface area contributed by atoms with E-state index in [9.17, 15) is 14.9 Å². The molecule has 1 fully saturated rings. The van der Waals surface area contributed by atoms with E-state index >= 15 is 0 Å². The van der Waals surface area contributed by atoms with Gasteiger partial charge in [-0.1, -0.05) is 37.3 Å². The summed E-state index contributed by atoms with van der Waals surface area (Å²) in [5.41, 5.74) is 0.0386. The standard InChI is InChI=1S/C17H16N2O2/c1-11-14-7-8-19-16(21)17(14,9-12(10-18)15(11)20)13-5-3-2-4-6-13/h2-6,9,11,14H,7-8H2,1H3,(H,19,21)/t11-,14?,17+/m1/s1. The van der Waals surface area contributed by atoms with Gasteiger partial charge in [-0.15, -0.1) is 0 Å². The molecule has 1 aromatic carbocycles. The first-order valence-corrected chi connectivity index (χ1v) is 7.12. The Balaban J connectivity index is 2.28. The van der Waals surface area contributed by atoms with Crippen molar-refractivity contribution < 1.29 is 9.59 Å². The Bertz CT molecular complexity index is 672. The number of Topliss-reactive ketones (excluding diaryl/α,β-unsaturated/α-hetero) is 1. The first-order valence-electron chi connectivity index (χ1n) is 7.12. The lowest BCUT2D eigenvalue weighted by atomic mass is 9.57. The molecule has 1 saturated heterocycles. The topological polar surface area (TPSA) is 70.0 Å². The van der Waals surface area contributed by atoms with Gasteiger partial charge in [-0.2, -0.15) is 5.26 Å². The third-order valence-electron chi connectivity index (χ3n) is 4.73. The van der Waals surface area contributed by atoms with Gasteiger partial charge in [0, 0.05) is 12.5 Å². The Hall–Kier alpha value is -2.41. The van der Waals surface area contributed by atoms with Crippen molar-refractivity contribution in [3.05, 3.63) is 47.5 Å². The summed E-state index contributed by atoms with van der Waals surface area (Å²) in [7, 11) is 0. The van der Waals surface area contributed by atoms with Gasteiger partial charge >= 0.3 is 0 Å². The molecule has 4 heteroatoms. The Morgan fingerprint density at radius 3 is 2.67 bits per heavy atom. The second kappa shape index (κ2) is 4.85. The number of benzene rings is 1. The highest BCUT2D eigenvalue weighted by Crippen LogP contribution is 2.47. The highest BCUT2D eigenvalue weighted by Gasteiger charge is 2.54. The lowest BCUT2D eigenvalue weighted by Crippen LogP contribution is -2.58. The van der Waals surface area contributed by atoms with Gasteiger partial charge in [0.15, 0.2) is 5.78 Å². The maximum absolute atomic E-state index is 12.7. The van der Waals surface area contributed by atoms with Crippen molar-refractivity contribution in [1.29, 1.82) is 5.26 Å². The number of rotatable bonds is 1. The fourth-order valence-corrected chi connectivity index (χ4v) is 3.66. The van der Waals surface area contributed by atoms with E-state index in [4.69, 9.17) is 0 Å². The van der Waals surface area contributed by atoms with E-state index in [1.807, 2.05) is 43.3 Å². The van der Waals surface area contributed by atoms with E-state index in [0.29, 0.717) is 6.54 Å². The molecule has 0 radical (unpaired) electrons. The predicted octanol–water partition coefficient (Wildman–Crippen LogP) is 1.73. The van der Waals surface area contributed by atoms with Crippen LogP contribution in [0.25, 0.3) is 0 Å². The van der Waals surface area contributed by atoms with E-state index in [-0.39, 0.29) is 29.1 Å². The average Bonchev–Trinajstić information content (AvgIpc) is 2.52. The van der Waals surface area contributed by atoms with Gasteiger partial charge in [-0.25, -0.2) is 0 Å².